The van der Waals surface area contributed by atoms with Gasteiger partial charge >= 0.3 is 0 Å². The number of amides is 1. The van der Waals surface area contributed by atoms with Gasteiger partial charge in [-0.25, -0.2) is 4.99 Å². The second-order valence-corrected chi connectivity index (χ2v) is 7.09. The Balaban J connectivity index is 0.00000243. The number of aliphatic imine (C=N–C) groups is 1. The van der Waals surface area contributed by atoms with Gasteiger partial charge in [-0.1, -0.05) is 28.1 Å². The van der Waals surface area contributed by atoms with Crippen LogP contribution >= 0.6 is 39.9 Å². The summed E-state index contributed by atoms with van der Waals surface area (Å²) in [5.41, 5.74) is 11.3. The number of halogens is 2. The van der Waals surface area contributed by atoms with Crippen LogP contribution in [0.4, 0.5) is 11.4 Å². The number of nitrogens with zero attached hydrogens (tertiary/aromatic N) is 1. The summed E-state index contributed by atoms with van der Waals surface area (Å²) in [6.45, 7) is 1.91. The molecule has 5 nitrogen and oxygen atoms in total. The van der Waals surface area contributed by atoms with E-state index < -0.39 is 0 Å². The van der Waals surface area contributed by atoms with Crippen molar-refractivity contribution >= 4 is 63.1 Å². The second kappa shape index (κ2) is 9.36. The van der Waals surface area contributed by atoms with E-state index in [2.05, 4.69) is 43.7 Å². The predicted molar refractivity (Wildman–Crippen MR) is 122 cm³/mol. The second-order valence-electron chi connectivity index (χ2n) is 6.17. The average Bonchev–Trinajstić information content (AvgIpc) is 3.04. The molecule has 3 rings (SSSR count). The maximum absolute atomic E-state index is 12.1. The van der Waals surface area contributed by atoms with Crippen molar-refractivity contribution in [3.63, 3.8) is 0 Å². The number of guanidine groups is 1. The lowest BCUT2D eigenvalue weighted by molar-refractivity contribution is -0.114. The first kappa shape index (κ1) is 20.7. The van der Waals surface area contributed by atoms with Crippen LogP contribution in [-0.4, -0.2) is 18.4 Å². The van der Waals surface area contributed by atoms with Crippen LogP contribution in [0.1, 0.15) is 23.1 Å². The van der Waals surface area contributed by atoms with Crippen LogP contribution in [0.2, 0.25) is 0 Å². The molecule has 1 aliphatic rings. The van der Waals surface area contributed by atoms with Crippen LogP contribution in [-0.2, 0) is 17.6 Å². The smallest absolute Gasteiger partial charge is 0.246 e. The molecular formula is C19H22BrIN4O. The molecule has 4 N–H and O–H groups in total. The molecule has 0 unspecified atom stereocenters. The Morgan fingerprint density at radius 1 is 1.15 bits per heavy atom. The van der Waals surface area contributed by atoms with Crippen molar-refractivity contribution < 1.29 is 4.79 Å². The molecule has 0 saturated heterocycles. The number of hydrogen-bond acceptors (Lipinski definition) is 2. The number of fused-ring (bicyclic) bond motifs is 1. The first-order valence-corrected chi connectivity index (χ1v) is 9.05. The molecular weight excluding hydrogens is 507 g/mol. The first-order valence-electron chi connectivity index (χ1n) is 8.26. The third-order valence-electron chi connectivity index (χ3n) is 4.24. The molecule has 0 bridgehead atoms. The van der Waals surface area contributed by atoms with E-state index in [1.807, 2.05) is 31.2 Å². The zero-order valence-corrected chi connectivity index (χ0v) is 18.4. The van der Waals surface area contributed by atoms with Crippen LogP contribution in [0.5, 0.6) is 0 Å². The van der Waals surface area contributed by atoms with Crippen molar-refractivity contribution in [1.29, 1.82) is 0 Å². The molecule has 0 saturated carbocycles. The van der Waals surface area contributed by atoms with Gasteiger partial charge < -0.3 is 16.4 Å². The topological polar surface area (TPSA) is 79.5 Å². The van der Waals surface area contributed by atoms with E-state index in [0.29, 0.717) is 0 Å². The van der Waals surface area contributed by atoms with Gasteiger partial charge in [0.25, 0.3) is 0 Å². The Hall–Kier alpha value is -1.61. The van der Waals surface area contributed by atoms with Gasteiger partial charge in [0.2, 0.25) is 5.91 Å². The summed E-state index contributed by atoms with van der Waals surface area (Å²) in [7, 11) is 0. The van der Waals surface area contributed by atoms with E-state index >= 15 is 0 Å². The summed E-state index contributed by atoms with van der Waals surface area (Å²) in [5, 5.41) is 5.90. The number of carbonyl (C=O) groups is 1. The number of nitrogens with two attached hydrogens (primary N) is 1. The van der Waals surface area contributed by atoms with Crippen molar-refractivity contribution in [2.75, 3.05) is 17.2 Å². The van der Waals surface area contributed by atoms with Gasteiger partial charge in [-0.2, -0.15) is 0 Å². The van der Waals surface area contributed by atoms with Crippen LogP contribution in [0.15, 0.2) is 45.9 Å². The van der Waals surface area contributed by atoms with Crippen molar-refractivity contribution in [3.05, 3.63) is 57.6 Å². The number of nitrogens with one attached hydrogen (secondary N) is 2. The van der Waals surface area contributed by atoms with E-state index in [1.54, 1.807) is 0 Å². The minimum atomic E-state index is -0.208. The molecule has 1 amide bonds. The summed E-state index contributed by atoms with van der Waals surface area (Å²) < 4.78 is 0.912. The summed E-state index contributed by atoms with van der Waals surface area (Å²) in [5.74, 6) is 0.0268. The molecule has 0 spiro atoms. The number of rotatable bonds is 4. The Morgan fingerprint density at radius 3 is 2.73 bits per heavy atom. The molecule has 0 heterocycles. The largest absolute Gasteiger partial charge is 0.370 e. The zero-order chi connectivity index (χ0) is 17.8. The Bertz CT molecular complexity index is 838. The number of aryl methyl sites for hydroxylation is 3. The number of anilines is 2. The minimum absolute atomic E-state index is 0. The molecule has 138 valence electrons. The fourth-order valence-corrected chi connectivity index (χ4v) is 3.27. The average molecular weight is 529 g/mol. The highest BCUT2D eigenvalue weighted by Crippen LogP contribution is 2.24. The summed E-state index contributed by atoms with van der Waals surface area (Å²) >= 11 is 3.40. The van der Waals surface area contributed by atoms with E-state index in [-0.39, 0.29) is 42.4 Å². The van der Waals surface area contributed by atoms with Crippen molar-refractivity contribution in [3.8, 4) is 0 Å². The Labute approximate surface area is 179 Å². The highest BCUT2D eigenvalue weighted by atomic mass is 127. The fourth-order valence-electron chi connectivity index (χ4n) is 2.91. The van der Waals surface area contributed by atoms with Crippen molar-refractivity contribution in [2.24, 2.45) is 10.7 Å². The first-order chi connectivity index (χ1) is 12.0. The predicted octanol–water partition coefficient (Wildman–Crippen LogP) is 4.23. The lowest BCUT2D eigenvalue weighted by atomic mass is 10.1. The molecule has 2 aromatic rings. The number of hydrogen-bond donors (Lipinski definition) is 3. The van der Waals surface area contributed by atoms with Gasteiger partial charge in [0, 0.05) is 15.8 Å². The third kappa shape index (κ3) is 5.44. The molecule has 0 aliphatic heterocycles. The molecule has 0 aromatic heterocycles. The van der Waals surface area contributed by atoms with Crippen LogP contribution in [0.3, 0.4) is 0 Å². The van der Waals surface area contributed by atoms with Crippen LogP contribution < -0.4 is 16.4 Å². The summed E-state index contributed by atoms with van der Waals surface area (Å²) in [4.78, 5) is 16.2. The Morgan fingerprint density at radius 2 is 1.92 bits per heavy atom. The zero-order valence-electron chi connectivity index (χ0n) is 14.5. The summed E-state index contributed by atoms with van der Waals surface area (Å²) in [6, 6.07) is 12.0. The Kier molecular flexibility index (Phi) is 7.45. The minimum Gasteiger partial charge on any atom is -0.370 e. The lowest BCUT2D eigenvalue weighted by Crippen LogP contribution is -2.25. The highest BCUT2D eigenvalue weighted by molar-refractivity contribution is 14.0. The van der Waals surface area contributed by atoms with E-state index in [0.717, 1.165) is 34.3 Å². The SMILES string of the molecule is Cc1ccc(Br)cc1NC(=O)CN=C(N)Nc1ccc2c(c1)CCC2.I. The van der Waals surface area contributed by atoms with Crippen LogP contribution in [0.25, 0.3) is 0 Å². The lowest BCUT2D eigenvalue weighted by Gasteiger charge is -2.09. The quantitative estimate of drug-likeness (QED) is 0.315. The van der Waals surface area contributed by atoms with Gasteiger partial charge in [0.05, 0.1) is 0 Å². The van der Waals surface area contributed by atoms with Gasteiger partial charge in [-0.3, -0.25) is 4.79 Å². The molecule has 0 fully saturated rings. The molecule has 7 heteroatoms. The molecule has 0 atom stereocenters. The molecule has 0 radical (unpaired) electrons. The van der Waals surface area contributed by atoms with Gasteiger partial charge in [0.1, 0.15) is 6.54 Å². The van der Waals surface area contributed by atoms with Crippen molar-refractivity contribution in [1.82, 2.24) is 0 Å². The van der Waals surface area contributed by atoms with Gasteiger partial charge in [-0.05, 0) is 67.1 Å². The fraction of sp³-hybridized carbons (Fsp3) is 0.263. The van der Waals surface area contributed by atoms with Crippen LogP contribution in [0, 0.1) is 6.92 Å². The molecule has 2 aromatic carbocycles. The van der Waals surface area contributed by atoms with Gasteiger partial charge in [-0.15, -0.1) is 24.0 Å². The normalized spacial score (nSPS) is 12.9. The van der Waals surface area contributed by atoms with E-state index in [4.69, 9.17) is 5.73 Å². The maximum atomic E-state index is 12.1. The molecule has 1 aliphatic carbocycles. The monoisotopic (exact) mass is 528 g/mol. The number of benzene rings is 2. The number of carbonyl (C=O) groups excluding carboxylic acids is 1. The van der Waals surface area contributed by atoms with E-state index in [9.17, 15) is 4.79 Å². The van der Waals surface area contributed by atoms with E-state index in [1.165, 1.54) is 17.5 Å². The molecule has 26 heavy (non-hydrogen) atoms. The standard InChI is InChI=1S/C19H21BrN4O.HI/c1-12-5-7-15(20)10-17(12)24-18(25)11-22-19(21)23-16-8-6-13-3-2-4-14(13)9-16;/h5-10H,2-4,11H2,1H3,(H,24,25)(H3,21,22,23);1H. The highest BCUT2D eigenvalue weighted by Gasteiger charge is 2.11. The summed E-state index contributed by atoms with van der Waals surface area (Å²) in [6.07, 6.45) is 3.46. The maximum Gasteiger partial charge on any atom is 0.246 e. The van der Waals surface area contributed by atoms with Gasteiger partial charge in [0.15, 0.2) is 5.96 Å². The third-order valence-corrected chi connectivity index (χ3v) is 4.73. The van der Waals surface area contributed by atoms with Crippen molar-refractivity contribution in [2.45, 2.75) is 26.2 Å².